The van der Waals surface area contributed by atoms with Gasteiger partial charge < -0.3 is 5.73 Å². The SMILES string of the molecule is CCc1nc(N)c2nc(S(C)(=O)=O)n(-c3cccc(-c4ccccc4)c3)c2n1. The van der Waals surface area contributed by atoms with Crippen LogP contribution in [0.3, 0.4) is 0 Å². The van der Waals surface area contributed by atoms with E-state index < -0.39 is 9.84 Å². The molecule has 2 N–H and O–H groups in total. The van der Waals surface area contributed by atoms with Crippen LogP contribution in [0.5, 0.6) is 0 Å². The molecular formula is C20H19N5O2S. The fraction of sp³-hybridized carbons (Fsp3) is 0.150. The zero-order valence-corrected chi connectivity index (χ0v) is 16.3. The highest BCUT2D eigenvalue weighted by Crippen LogP contribution is 2.28. The fourth-order valence-corrected chi connectivity index (χ4v) is 3.88. The molecule has 0 amide bonds. The molecule has 28 heavy (non-hydrogen) atoms. The standard InChI is InChI=1S/C20H19N5O2S/c1-3-16-22-18(21)17-19(23-16)25(20(24-17)28(2,26)27)15-11-7-10-14(12-15)13-8-5-4-6-9-13/h4-12H,3H2,1-2H3,(H2,21,22,23). The number of aromatic nitrogens is 4. The van der Waals surface area contributed by atoms with Gasteiger partial charge in [-0.2, -0.15) is 0 Å². The van der Waals surface area contributed by atoms with Gasteiger partial charge in [0.25, 0.3) is 0 Å². The second kappa shape index (κ2) is 6.72. The van der Waals surface area contributed by atoms with Crippen molar-refractivity contribution in [1.82, 2.24) is 19.5 Å². The zero-order chi connectivity index (χ0) is 19.9. The highest BCUT2D eigenvalue weighted by molar-refractivity contribution is 7.90. The number of nitrogen functional groups attached to an aromatic ring is 1. The second-order valence-electron chi connectivity index (χ2n) is 6.47. The van der Waals surface area contributed by atoms with E-state index in [1.54, 1.807) is 0 Å². The number of nitrogens with two attached hydrogens (primary N) is 1. The first-order chi connectivity index (χ1) is 13.4. The Bertz CT molecular complexity index is 1280. The minimum absolute atomic E-state index is 0.109. The third kappa shape index (κ3) is 3.11. The van der Waals surface area contributed by atoms with Gasteiger partial charge in [-0.1, -0.05) is 49.4 Å². The van der Waals surface area contributed by atoms with Crippen molar-refractivity contribution in [2.24, 2.45) is 0 Å². The zero-order valence-electron chi connectivity index (χ0n) is 15.5. The van der Waals surface area contributed by atoms with Crippen molar-refractivity contribution in [3.05, 3.63) is 60.4 Å². The van der Waals surface area contributed by atoms with Crippen molar-refractivity contribution in [1.29, 1.82) is 0 Å². The number of sulfone groups is 1. The molecule has 0 aliphatic rings. The Morgan fingerprint density at radius 1 is 0.964 bits per heavy atom. The lowest BCUT2D eigenvalue weighted by atomic mass is 10.1. The smallest absolute Gasteiger partial charge is 0.234 e. The van der Waals surface area contributed by atoms with Crippen LogP contribution in [-0.2, 0) is 16.3 Å². The lowest BCUT2D eigenvalue weighted by Gasteiger charge is -2.10. The Morgan fingerprint density at radius 2 is 1.68 bits per heavy atom. The van der Waals surface area contributed by atoms with Gasteiger partial charge in [-0.05, 0) is 23.3 Å². The Labute approximate surface area is 162 Å². The monoisotopic (exact) mass is 393 g/mol. The topological polar surface area (TPSA) is 104 Å². The quantitative estimate of drug-likeness (QED) is 0.571. The third-order valence-corrected chi connectivity index (χ3v) is 5.35. The lowest BCUT2D eigenvalue weighted by Crippen LogP contribution is -2.08. The van der Waals surface area contributed by atoms with E-state index in [0.717, 1.165) is 17.4 Å². The molecule has 0 fully saturated rings. The predicted octanol–water partition coefficient (Wildman–Crippen LogP) is 3.03. The molecule has 8 heteroatoms. The summed E-state index contributed by atoms with van der Waals surface area (Å²) in [6, 6.07) is 17.4. The summed E-state index contributed by atoms with van der Waals surface area (Å²) in [6.45, 7) is 1.91. The third-order valence-electron chi connectivity index (χ3n) is 4.41. The number of aryl methyl sites for hydroxylation is 1. The molecular weight excluding hydrogens is 374 g/mol. The lowest BCUT2D eigenvalue weighted by molar-refractivity contribution is 0.591. The Hall–Kier alpha value is -3.26. The van der Waals surface area contributed by atoms with Gasteiger partial charge in [0, 0.05) is 12.7 Å². The summed E-state index contributed by atoms with van der Waals surface area (Å²) in [5.74, 6) is 0.704. The molecule has 0 saturated heterocycles. The molecule has 0 radical (unpaired) electrons. The van der Waals surface area contributed by atoms with Crippen molar-refractivity contribution in [3.63, 3.8) is 0 Å². The van der Waals surface area contributed by atoms with Crippen LogP contribution in [0.25, 0.3) is 28.0 Å². The summed E-state index contributed by atoms with van der Waals surface area (Å²) in [7, 11) is -3.63. The van der Waals surface area contributed by atoms with Gasteiger partial charge in [0.15, 0.2) is 17.0 Å². The van der Waals surface area contributed by atoms with Crippen molar-refractivity contribution in [3.8, 4) is 16.8 Å². The Kier molecular flexibility index (Phi) is 4.35. The molecule has 2 aromatic carbocycles. The maximum atomic E-state index is 12.4. The summed E-state index contributed by atoms with van der Waals surface area (Å²) in [6.07, 6.45) is 1.69. The highest BCUT2D eigenvalue weighted by atomic mass is 32.2. The molecule has 4 aromatic rings. The molecule has 2 heterocycles. The normalized spacial score (nSPS) is 11.8. The molecule has 7 nitrogen and oxygen atoms in total. The summed E-state index contributed by atoms with van der Waals surface area (Å²) in [5, 5.41) is -0.109. The summed E-state index contributed by atoms with van der Waals surface area (Å²) in [5.41, 5.74) is 9.32. The van der Waals surface area contributed by atoms with Gasteiger partial charge in [0.2, 0.25) is 15.0 Å². The number of hydrogen-bond donors (Lipinski definition) is 1. The number of fused-ring (bicyclic) bond motifs is 1. The van der Waals surface area contributed by atoms with Gasteiger partial charge in [0.1, 0.15) is 5.82 Å². The van der Waals surface area contributed by atoms with Crippen LogP contribution in [0.15, 0.2) is 59.8 Å². The van der Waals surface area contributed by atoms with Gasteiger partial charge in [-0.3, -0.25) is 4.57 Å². The van der Waals surface area contributed by atoms with Crippen LogP contribution in [0, 0.1) is 0 Å². The van der Waals surface area contributed by atoms with Crippen molar-refractivity contribution >= 4 is 26.8 Å². The van der Waals surface area contributed by atoms with Crippen LogP contribution < -0.4 is 5.73 Å². The molecule has 4 rings (SSSR count). The largest absolute Gasteiger partial charge is 0.382 e. The van der Waals surface area contributed by atoms with E-state index in [1.807, 2.05) is 61.5 Å². The van der Waals surface area contributed by atoms with Crippen LogP contribution in [0.1, 0.15) is 12.7 Å². The van der Waals surface area contributed by atoms with E-state index in [9.17, 15) is 8.42 Å². The van der Waals surface area contributed by atoms with E-state index in [4.69, 9.17) is 5.73 Å². The Balaban J connectivity index is 2.04. The molecule has 0 aliphatic heterocycles. The minimum Gasteiger partial charge on any atom is -0.382 e. The summed E-state index contributed by atoms with van der Waals surface area (Å²) < 4.78 is 26.4. The van der Waals surface area contributed by atoms with E-state index in [0.29, 0.717) is 23.6 Å². The van der Waals surface area contributed by atoms with Gasteiger partial charge in [0.05, 0.1) is 5.69 Å². The van der Waals surface area contributed by atoms with E-state index >= 15 is 0 Å². The van der Waals surface area contributed by atoms with Gasteiger partial charge in [-0.25, -0.2) is 23.4 Å². The number of imidazole rings is 1. The average molecular weight is 393 g/mol. The maximum absolute atomic E-state index is 12.4. The first-order valence-corrected chi connectivity index (χ1v) is 10.7. The van der Waals surface area contributed by atoms with Crippen LogP contribution >= 0.6 is 0 Å². The van der Waals surface area contributed by atoms with Crippen molar-refractivity contribution in [2.45, 2.75) is 18.5 Å². The first-order valence-electron chi connectivity index (χ1n) is 8.79. The maximum Gasteiger partial charge on any atom is 0.234 e. The average Bonchev–Trinajstić information content (AvgIpc) is 3.09. The van der Waals surface area contributed by atoms with Gasteiger partial charge in [-0.15, -0.1) is 0 Å². The molecule has 2 aromatic heterocycles. The van der Waals surface area contributed by atoms with Crippen LogP contribution in [-0.4, -0.2) is 34.2 Å². The predicted molar refractivity (Wildman–Crippen MR) is 109 cm³/mol. The Morgan fingerprint density at radius 3 is 2.36 bits per heavy atom. The second-order valence-corrected chi connectivity index (χ2v) is 8.38. The molecule has 0 saturated carbocycles. The summed E-state index contributed by atoms with van der Waals surface area (Å²) in [4.78, 5) is 13.0. The number of rotatable bonds is 4. The van der Waals surface area contributed by atoms with Crippen LogP contribution in [0.2, 0.25) is 0 Å². The molecule has 0 bridgehead atoms. The molecule has 0 aliphatic carbocycles. The highest BCUT2D eigenvalue weighted by Gasteiger charge is 2.24. The van der Waals surface area contributed by atoms with Crippen LogP contribution in [0.4, 0.5) is 5.82 Å². The molecule has 0 atom stereocenters. The van der Waals surface area contributed by atoms with Gasteiger partial charge >= 0.3 is 0 Å². The first kappa shape index (κ1) is 18.1. The molecule has 0 unspecified atom stereocenters. The number of nitrogens with zero attached hydrogens (tertiary/aromatic N) is 4. The number of hydrogen-bond acceptors (Lipinski definition) is 6. The number of anilines is 1. The fourth-order valence-electron chi connectivity index (χ4n) is 3.10. The van der Waals surface area contributed by atoms with Crippen molar-refractivity contribution in [2.75, 3.05) is 12.0 Å². The van der Waals surface area contributed by atoms with E-state index in [-0.39, 0.29) is 16.5 Å². The summed E-state index contributed by atoms with van der Waals surface area (Å²) >= 11 is 0. The minimum atomic E-state index is -3.63. The number of benzene rings is 2. The molecule has 142 valence electrons. The van der Waals surface area contributed by atoms with E-state index in [2.05, 4.69) is 15.0 Å². The molecule has 0 spiro atoms. The van der Waals surface area contributed by atoms with Crippen molar-refractivity contribution < 1.29 is 8.42 Å². The van der Waals surface area contributed by atoms with E-state index in [1.165, 1.54) is 4.57 Å².